The first-order chi connectivity index (χ1) is 15.5. The standard InChI is InChI=1S/C25H28N2O5/c1-16(2)24(17-9-10-21-22(13-17)32-12-6-11-31-21)26-23(28)15-27-14-19(25(29)30-3)18-7-4-5-8-20(18)27/h4-5,7-10,13-14,16,24H,6,11-12,15H2,1-3H3,(H,26,28). The normalized spacial score (nSPS) is 14.1. The van der Waals surface area contributed by atoms with Crippen molar-refractivity contribution in [1.29, 1.82) is 0 Å². The van der Waals surface area contributed by atoms with E-state index in [9.17, 15) is 9.59 Å². The van der Waals surface area contributed by atoms with Crippen molar-refractivity contribution >= 4 is 22.8 Å². The molecular weight excluding hydrogens is 408 g/mol. The molecule has 2 aromatic carbocycles. The third kappa shape index (κ3) is 4.42. The lowest BCUT2D eigenvalue weighted by atomic mass is 9.95. The van der Waals surface area contributed by atoms with Crippen LogP contribution in [0.15, 0.2) is 48.7 Å². The summed E-state index contributed by atoms with van der Waals surface area (Å²) in [6.45, 7) is 5.46. The second kappa shape index (κ2) is 9.34. The summed E-state index contributed by atoms with van der Waals surface area (Å²) in [6.07, 6.45) is 2.51. The maximum Gasteiger partial charge on any atom is 0.340 e. The molecule has 7 heteroatoms. The van der Waals surface area contributed by atoms with Crippen molar-refractivity contribution in [2.45, 2.75) is 32.9 Å². The summed E-state index contributed by atoms with van der Waals surface area (Å²) < 4.78 is 18.2. The summed E-state index contributed by atoms with van der Waals surface area (Å²) in [7, 11) is 1.35. The van der Waals surface area contributed by atoms with Crippen LogP contribution in [0.4, 0.5) is 0 Å². The van der Waals surface area contributed by atoms with Gasteiger partial charge in [-0.3, -0.25) is 4.79 Å². The Kier molecular flexibility index (Phi) is 6.35. The molecule has 1 N–H and O–H groups in total. The highest BCUT2D eigenvalue weighted by Crippen LogP contribution is 2.34. The SMILES string of the molecule is COC(=O)c1cn(CC(=O)NC(c2ccc3c(c2)OCCCO3)C(C)C)c2ccccc12. The molecule has 1 aromatic heterocycles. The fraction of sp³-hybridized carbons (Fsp3) is 0.360. The van der Waals surface area contributed by atoms with Gasteiger partial charge in [-0.25, -0.2) is 4.79 Å². The lowest BCUT2D eigenvalue weighted by Gasteiger charge is -2.24. The maximum absolute atomic E-state index is 13.0. The quantitative estimate of drug-likeness (QED) is 0.589. The van der Waals surface area contributed by atoms with Gasteiger partial charge >= 0.3 is 5.97 Å². The fourth-order valence-corrected chi connectivity index (χ4v) is 4.03. The highest BCUT2D eigenvalue weighted by Gasteiger charge is 2.22. The van der Waals surface area contributed by atoms with Crippen molar-refractivity contribution < 1.29 is 23.8 Å². The van der Waals surface area contributed by atoms with Gasteiger partial charge in [0.15, 0.2) is 11.5 Å². The van der Waals surface area contributed by atoms with Gasteiger partial charge in [0, 0.05) is 23.5 Å². The van der Waals surface area contributed by atoms with Crippen molar-refractivity contribution in [1.82, 2.24) is 9.88 Å². The largest absolute Gasteiger partial charge is 0.490 e. The first-order valence-corrected chi connectivity index (χ1v) is 10.8. The number of carbonyl (C=O) groups excluding carboxylic acids is 2. The Morgan fingerprint density at radius 3 is 2.59 bits per heavy atom. The van der Waals surface area contributed by atoms with Gasteiger partial charge in [-0.15, -0.1) is 0 Å². The van der Waals surface area contributed by atoms with Gasteiger partial charge in [0.25, 0.3) is 0 Å². The van der Waals surface area contributed by atoms with Crippen LogP contribution in [0.25, 0.3) is 10.9 Å². The second-order valence-corrected chi connectivity index (χ2v) is 8.23. The van der Waals surface area contributed by atoms with E-state index >= 15 is 0 Å². The summed E-state index contributed by atoms with van der Waals surface area (Å²) in [5.41, 5.74) is 2.21. The molecule has 168 valence electrons. The Labute approximate surface area is 187 Å². The smallest absolute Gasteiger partial charge is 0.340 e. The molecule has 1 atom stereocenters. The molecular formula is C25H28N2O5. The molecule has 1 amide bonds. The van der Waals surface area contributed by atoms with Crippen LogP contribution in [0.2, 0.25) is 0 Å². The van der Waals surface area contributed by atoms with Gasteiger partial charge in [-0.2, -0.15) is 0 Å². The topological polar surface area (TPSA) is 78.8 Å². The van der Waals surface area contributed by atoms with E-state index in [-0.39, 0.29) is 24.4 Å². The van der Waals surface area contributed by atoms with Crippen LogP contribution >= 0.6 is 0 Å². The third-order valence-corrected chi connectivity index (χ3v) is 5.62. The van der Waals surface area contributed by atoms with Crippen LogP contribution in [0.3, 0.4) is 0 Å². The molecule has 1 aliphatic heterocycles. The molecule has 0 radical (unpaired) electrons. The van der Waals surface area contributed by atoms with Crippen LogP contribution in [-0.2, 0) is 16.1 Å². The minimum atomic E-state index is -0.424. The van der Waals surface area contributed by atoms with E-state index < -0.39 is 5.97 Å². The minimum absolute atomic E-state index is 0.0886. The molecule has 7 nitrogen and oxygen atoms in total. The zero-order chi connectivity index (χ0) is 22.7. The Morgan fingerprint density at radius 2 is 1.84 bits per heavy atom. The molecule has 0 bridgehead atoms. The Hall–Kier alpha value is -3.48. The van der Waals surface area contributed by atoms with E-state index in [1.807, 2.05) is 42.5 Å². The van der Waals surface area contributed by atoms with E-state index in [1.165, 1.54) is 7.11 Å². The number of hydrogen-bond acceptors (Lipinski definition) is 5. The molecule has 1 aliphatic rings. The van der Waals surface area contributed by atoms with Gasteiger partial charge in [-0.1, -0.05) is 38.1 Å². The van der Waals surface area contributed by atoms with Crippen LogP contribution < -0.4 is 14.8 Å². The molecule has 0 saturated heterocycles. The number of ether oxygens (including phenoxy) is 3. The summed E-state index contributed by atoms with van der Waals surface area (Å²) in [6, 6.07) is 13.1. The number of nitrogens with zero attached hydrogens (tertiary/aromatic N) is 1. The summed E-state index contributed by atoms with van der Waals surface area (Å²) in [5, 5.41) is 3.91. The van der Waals surface area contributed by atoms with Gasteiger partial charge in [-0.05, 0) is 29.7 Å². The molecule has 4 rings (SSSR count). The Morgan fingerprint density at radius 1 is 1.09 bits per heavy atom. The minimum Gasteiger partial charge on any atom is -0.490 e. The number of hydrogen-bond donors (Lipinski definition) is 1. The molecule has 0 aliphatic carbocycles. The van der Waals surface area contributed by atoms with Crippen molar-refractivity contribution in [2.75, 3.05) is 20.3 Å². The number of nitrogens with one attached hydrogen (secondary N) is 1. The zero-order valence-corrected chi connectivity index (χ0v) is 18.6. The summed E-state index contributed by atoms with van der Waals surface area (Å²) >= 11 is 0. The molecule has 0 spiro atoms. The van der Waals surface area contributed by atoms with Crippen LogP contribution in [-0.4, -0.2) is 36.8 Å². The predicted molar refractivity (Wildman–Crippen MR) is 121 cm³/mol. The molecule has 1 unspecified atom stereocenters. The van der Waals surface area contributed by atoms with E-state index in [1.54, 1.807) is 10.8 Å². The number of methoxy groups -OCH3 is 1. The fourth-order valence-electron chi connectivity index (χ4n) is 4.03. The second-order valence-electron chi connectivity index (χ2n) is 8.23. The number of benzene rings is 2. The summed E-state index contributed by atoms with van der Waals surface area (Å²) in [5.74, 6) is 1.03. The van der Waals surface area contributed by atoms with E-state index in [0.717, 1.165) is 28.6 Å². The number of carbonyl (C=O) groups is 2. The maximum atomic E-state index is 13.0. The van der Waals surface area contributed by atoms with Crippen molar-refractivity contribution in [3.63, 3.8) is 0 Å². The lowest BCUT2D eigenvalue weighted by molar-refractivity contribution is -0.122. The molecule has 0 saturated carbocycles. The molecule has 32 heavy (non-hydrogen) atoms. The first-order valence-electron chi connectivity index (χ1n) is 10.8. The van der Waals surface area contributed by atoms with Gasteiger partial charge in [0.2, 0.25) is 5.91 Å². The van der Waals surface area contributed by atoms with Crippen molar-refractivity contribution in [3.8, 4) is 11.5 Å². The Bertz CT molecular complexity index is 1130. The number of aromatic nitrogens is 1. The number of esters is 1. The highest BCUT2D eigenvalue weighted by atomic mass is 16.5. The van der Waals surface area contributed by atoms with Gasteiger partial charge in [0.1, 0.15) is 6.54 Å². The molecule has 0 fully saturated rings. The van der Waals surface area contributed by atoms with Crippen molar-refractivity contribution in [3.05, 3.63) is 59.8 Å². The van der Waals surface area contributed by atoms with Gasteiger partial charge in [0.05, 0.1) is 31.9 Å². The molecule has 3 aromatic rings. The van der Waals surface area contributed by atoms with E-state index in [0.29, 0.717) is 24.5 Å². The number of fused-ring (bicyclic) bond motifs is 2. The molecule has 2 heterocycles. The number of amides is 1. The third-order valence-electron chi connectivity index (χ3n) is 5.62. The Balaban J connectivity index is 1.56. The van der Waals surface area contributed by atoms with Gasteiger partial charge < -0.3 is 24.1 Å². The van der Waals surface area contributed by atoms with E-state index in [2.05, 4.69) is 19.2 Å². The van der Waals surface area contributed by atoms with Crippen LogP contribution in [0, 0.1) is 5.92 Å². The average molecular weight is 437 g/mol. The van der Waals surface area contributed by atoms with Crippen molar-refractivity contribution in [2.24, 2.45) is 5.92 Å². The first kappa shape index (κ1) is 21.7. The number of para-hydroxylation sites is 1. The van der Waals surface area contributed by atoms with E-state index in [4.69, 9.17) is 14.2 Å². The van der Waals surface area contributed by atoms with Crippen LogP contribution in [0.1, 0.15) is 42.2 Å². The number of rotatable bonds is 6. The average Bonchev–Trinajstić information content (AvgIpc) is 2.98. The monoisotopic (exact) mass is 436 g/mol. The lowest BCUT2D eigenvalue weighted by Crippen LogP contribution is -2.34. The highest BCUT2D eigenvalue weighted by molar-refractivity contribution is 6.04. The summed E-state index contributed by atoms with van der Waals surface area (Å²) in [4.78, 5) is 25.2. The predicted octanol–water partition coefficient (Wildman–Crippen LogP) is 4.10. The van der Waals surface area contributed by atoms with Crippen LogP contribution in [0.5, 0.6) is 11.5 Å². The zero-order valence-electron chi connectivity index (χ0n) is 18.6.